The second-order valence-electron chi connectivity index (χ2n) is 3.03. The summed E-state index contributed by atoms with van der Waals surface area (Å²) in [7, 11) is 0. The highest BCUT2D eigenvalue weighted by Gasteiger charge is 2.13. The van der Waals surface area contributed by atoms with Crippen LogP contribution in [0.4, 0.5) is 0 Å². The van der Waals surface area contributed by atoms with Gasteiger partial charge in [-0.1, -0.05) is 6.08 Å². The van der Waals surface area contributed by atoms with Crippen LogP contribution in [0.1, 0.15) is 20.3 Å². The standard InChI is InChI=1S/C8H17NO/c1-4-6-9-8(2,3)5-7-10/h4,9-10H,1,5-7H2,2-3H3. The second-order valence-corrected chi connectivity index (χ2v) is 3.03. The van der Waals surface area contributed by atoms with Crippen molar-refractivity contribution in [3.05, 3.63) is 12.7 Å². The van der Waals surface area contributed by atoms with Crippen LogP contribution in [0.5, 0.6) is 0 Å². The summed E-state index contributed by atoms with van der Waals surface area (Å²) in [6.45, 7) is 8.76. The van der Waals surface area contributed by atoms with Crippen LogP contribution in [0.3, 0.4) is 0 Å². The van der Waals surface area contributed by atoms with Gasteiger partial charge < -0.3 is 10.4 Å². The van der Waals surface area contributed by atoms with Crippen molar-refractivity contribution in [1.29, 1.82) is 0 Å². The summed E-state index contributed by atoms with van der Waals surface area (Å²) < 4.78 is 0. The summed E-state index contributed by atoms with van der Waals surface area (Å²) in [5.74, 6) is 0. The lowest BCUT2D eigenvalue weighted by atomic mass is 10.0. The summed E-state index contributed by atoms with van der Waals surface area (Å²) in [5.41, 5.74) is 0.0307. The Morgan fingerprint density at radius 3 is 2.60 bits per heavy atom. The van der Waals surface area contributed by atoms with Gasteiger partial charge in [-0.05, 0) is 20.3 Å². The first-order chi connectivity index (χ1) is 4.62. The first-order valence-electron chi connectivity index (χ1n) is 3.59. The molecule has 10 heavy (non-hydrogen) atoms. The normalized spacial score (nSPS) is 11.5. The number of nitrogens with one attached hydrogen (secondary N) is 1. The average Bonchev–Trinajstić information content (AvgIpc) is 1.84. The topological polar surface area (TPSA) is 32.3 Å². The van der Waals surface area contributed by atoms with Gasteiger partial charge in [0.25, 0.3) is 0 Å². The highest BCUT2D eigenvalue weighted by atomic mass is 16.3. The van der Waals surface area contributed by atoms with Crippen molar-refractivity contribution in [3.8, 4) is 0 Å². The average molecular weight is 143 g/mol. The van der Waals surface area contributed by atoms with E-state index in [0.29, 0.717) is 0 Å². The van der Waals surface area contributed by atoms with Crippen molar-refractivity contribution in [3.63, 3.8) is 0 Å². The maximum absolute atomic E-state index is 8.64. The van der Waals surface area contributed by atoms with Gasteiger partial charge in [0.05, 0.1) is 0 Å². The van der Waals surface area contributed by atoms with Crippen LogP contribution >= 0.6 is 0 Å². The molecule has 0 aliphatic heterocycles. The molecule has 0 aromatic carbocycles. The van der Waals surface area contributed by atoms with Crippen LogP contribution in [0.2, 0.25) is 0 Å². The van der Waals surface area contributed by atoms with Gasteiger partial charge in [0.2, 0.25) is 0 Å². The highest BCUT2D eigenvalue weighted by molar-refractivity contribution is 4.81. The molecular formula is C8H17NO. The molecule has 0 atom stereocenters. The Balaban J connectivity index is 3.51. The smallest absolute Gasteiger partial charge is 0.0448 e. The molecule has 2 N–H and O–H groups in total. The molecule has 0 radical (unpaired) electrons. The Bertz CT molecular complexity index is 99.4. The molecule has 0 rings (SSSR count). The summed E-state index contributed by atoms with van der Waals surface area (Å²) in [6.07, 6.45) is 2.60. The minimum absolute atomic E-state index is 0.0307. The van der Waals surface area contributed by atoms with E-state index in [4.69, 9.17) is 5.11 Å². The van der Waals surface area contributed by atoms with Crippen molar-refractivity contribution in [2.45, 2.75) is 25.8 Å². The lowest BCUT2D eigenvalue weighted by Crippen LogP contribution is -2.39. The summed E-state index contributed by atoms with van der Waals surface area (Å²) >= 11 is 0. The summed E-state index contributed by atoms with van der Waals surface area (Å²) in [4.78, 5) is 0. The molecule has 0 amide bonds. The predicted octanol–water partition coefficient (Wildman–Crippen LogP) is 0.923. The van der Waals surface area contributed by atoms with Crippen LogP contribution in [0.25, 0.3) is 0 Å². The zero-order chi connectivity index (χ0) is 8.04. The number of aliphatic hydroxyl groups excluding tert-OH is 1. The molecule has 0 spiro atoms. The maximum atomic E-state index is 8.64. The predicted molar refractivity (Wildman–Crippen MR) is 44.0 cm³/mol. The van der Waals surface area contributed by atoms with Crippen LogP contribution in [-0.4, -0.2) is 23.8 Å². The van der Waals surface area contributed by atoms with Crippen molar-refractivity contribution in [2.75, 3.05) is 13.2 Å². The van der Waals surface area contributed by atoms with Gasteiger partial charge >= 0.3 is 0 Å². The summed E-state index contributed by atoms with van der Waals surface area (Å²) in [6, 6.07) is 0. The Morgan fingerprint density at radius 2 is 2.20 bits per heavy atom. The molecular weight excluding hydrogens is 126 g/mol. The fourth-order valence-electron chi connectivity index (χ4n) is 0.716. The molecule has 0 aromatic rings. The van der Waals surface area contributed by atoms with E-state index >= 15 is 0 Å². The first kappa shape index (κ1) is 9.66. The van der Waals surface area contributed by atoms with E-state index in [0.717, 1.165) is 13.0 Å². The molecule has 60 valence electrons. The van der Waals surface area contributed by atoms with E-state index in [9.17, 15) is 0 Å². The molecule has 2 heteroatoms. The zero-order valence-electron chi connectivity index (χ0n) is 6.85. The van der Waals surface area contributed by atoms with Gasteiger partial charge in [0.1, 0.15) is 0 Å². The number of hydrogen-bond donors (Lipinski definition) is 2. The third-order valence-corrected chi connectivity index (χ3v) is 1.46. The molecule has 0 bridgehead atoms. The van der Waals surface area contributed by atoms with Gasteiger partial charge in [-0.25, -0.2) is 0 Å². The molecule has 0 fully saturated rings. The van der Waals surface area contributed by atoms with E-state index in [1.165, 1.54) is 0 Å². The van der Waals surface area contributed by atoms with Gasteiger partial charge in [-0.3, -0.25) is 0 Å². The molecule has 0 saturated carbocycles. The fourth-order valence-corrected chi connectivity index (χ4v) is 0.716. The van der Waals surface area contributed by atoms with Crippen LogP contribution in [-0.2, 0) is 0 Å². The van der Waals surface area contributed by atoms with Crippen molar-refractivity contribution >= 4 is 0 Å². The maximum Gasteiger partial charge on any atom is 0.0448 e. The van der Waals surface area contributed by atoms with Crippen molar-refractivity contribution < 1.29 is 5.11 Å². The quantitative estimate of drug-likeness (QED) is 0.561. The molecule has 0 aromatic heterocycles. The van der Waals surface area contributed by atoms with Crippen LogP contribution in [0.15, 0.2) is 12.7 Å². The molecule has 2 nitrogen and oxygen atoms in total. The lowest BCUT2D eigenvalue weighted by Gasteiger charge is -2.24. The monoisotopic (exact) mass is 143 g/mol. The SMILES string of the molecule is C=CCNC(C)(C)CCO. The molecule has 0 aliphatic carbocycles. The Morgan fingerprint density at radius 1 is 1.60 bits per heavy atom. The minimum atomic E-state index is 0.0307. The lowest BCUT2D eigenvalue weighted by molar-refractivity contribution is 0.234. The third kappa shape index (κ3) is 4.53. The molecule has 0 saturated heterocycles. The van der Waals surface area contributed by atoms with E-state index in [-0.39, 0.29) is 12.1 Å². The van der Waals surface area contributed by atoms with Crippen molar-refractivity contribution in [1.82, 2.24) is 5.32 Å². The van der Waals surface area contributed by atoms with E-state index < -0.39 is 0 Å². The van der Waals surface area contributed by atoms with Gasteiger partial charge in [0.15, 0.2) is 0 Å². The van der Waals surface area contributed by atoms with E-state index in [1.807, 2.05) is 6.08 Å². The van der Waals surface area contributed by atoms with Gasteiger partial charge in [-0.2, -0.15) is 0 Å². The van der Waals surface area contributed by atoms with Crippen molar-refractivity contribution in [2.24, 2.45) is 0 Å². The van der Waals surface area contributed by atoms with Crippen LogP contribution < -0.4 is 5.32 Å². The number of hydrogen-bond acceptors (Lipinski definition) is 2. The minimum Gasteiger partial charge on any atom is -0.396 e. The fraction of sp³-hybridized carbons (Fsp3) is 0.750. The number of rotatable bonds is 5. The Kier molecular flexibility index (Phi) is 4.32. The van der Waals surface area contributed by atoms with Gasteiger partial charge in [-0.15, -0.1) is 6.58 Å². The zero-order valence-corrected chi connectivity index (χ0v) is 6.85. The number of aliphatic hydroxyl groups is 1. The van der Waals surface area contributed by atoms with Gasteiger partial charge in [0, 0.05) is 18.7 Å². The van der Waals surface area contributed by atoms with E-state index in [2.05, 4.69) is 25.7 Å². The highest BCUT2D eigenvalue weighted by Crippen LogP contribution is 2.05. The largest absolute Gasteiger partial charge is 0.396 e. The molecule has 0 unspecified atom stereocenters. The van der Waals surface area contributed by atoms with Crippen LogP contribution in [0, 0.1) is 0 Å². The Labute approximate surface area is 62.9 Å². The summed E-state index contributed by atoms with van der Waals surface area (Å²) in [5, 5.41) is 11.9. The van der Waals surface area contributed by atoms with E-state index in [1.54, 1.807) is 0 Å². The first-order valence-corrected chi connectivity index (χ1v) is 3.59. The third-order valence-electron chi connectivity index (χ3n) is 1.46. The Hall–Kier alpha value is -0.340. The second kappa shape index (κ2) is 4.47. The molecule has 0 aliphatic rings. The molecule has 0 heterocycles.